The van der Waals surface area contributed by atoms with Gasteiger partial charge in [0, 0.05) is 12.1 Å². The molecule has 0 saturated carbocycles. The van der Waals surface area contributed by atoms with E-state index in [-0.39, 0.29) is 5.91 Å². The molecule has 0 aliphatic rings. The molecule has 0 spiro atoms. The van der Waals surface area contributed by atoms with Gasteiger partial charge in [-0.15, -0.1) is 0 Å². The fourth-order valence-corrected chi connectivity index (χ4v) is 1.67. The maximum absolute atomic E-state index is 11.9. The van der Waals surface area contributed by atoms with Gasteiger partial charge >= 0.3 is 0 Å². The van der Waals surface area contributed by atoms with Gasteiger partial charge in [-0.25, -0.2) is 0 Å². The van der Waals surface area contributed by atoms with Gasteiger partial charge in [0.05, 0.1) is 0 Å². The molecule has 1 N–H and O–H groups in total. The number of benzene rings is 2. The molecule has 84 valence electrons. The SMILES string of the molecule is Bc1cccc(C(=O)NCc2ccccc2)c1. The third-order valence-corrected chi connectivity index (χ3v) is 2.58. The van der Waals surface area contributed by atoms with E-state index >= 15 is 0 Å². The van der Waals surface area contributed by atoms with Crippen LogP contribution in [-0.4, -0.2) is 13.8 Å². The lowest BCUT2D eigenvalue weighted by atomic mass is 9.94. The van der Waals surface area contributed by atoms with E-state index in [1.165, 1.54) is 0 Å². The Kier molecular flexibility index (Phi) is 3.60. The van der Waals surface area contributed by atoms with Crippen molar-refractivity contribution in [2.45, 2.75) is 6.54 Å². The van der Waals surface area contributed by atoms with E-state index in [1.807, 2.05) is 62.4 Å². The van der Waals surface area contributed by atoms with E-state index < -0.39 is 0 Å². The summed E-state index contributed by atoms with van der Waals surface area (Å²) in [6.45, 7) is 0.563. The lowest BCUT2D eigenvalue weighted by Crippen LogP contribution is -2.23. The quantitative estimate of drug-likeness (QED) is 0.768. The van der Waals surface area contributed by atoms with Gasteiger partial charge in [0.15, 0.2) is 0 Å². The Labute approximate surface area is 102 Å². The van der Waals surface area contributed by atoms with Gasteiger partial charge in [-0.05, 0) is 11.6 Å². The molecule has 2 nitrogen and oxygen atoms in total. The maximum atomic E-state index is 11.9. The monoisotopic (exact) mass is 223 g/mol. The second-order valence-corrected chi connectivity index (χ2v) is 4.04. The largest absolute Gasteiger partial charge is 0.348 e. The summed E-state index contributed by atoms with van der Waals surface area (Å²) in [5.41, 5.74) is 2.91. The highest BCUT2D eigenvalue weighted by Crippen LogP contribution is 2.00. The zero-order chi connectivity index (χ0) is 12.1. The van der Waals surface area contributed by atoms with Crippen molar-refractivity contribution in [2.75, 3.05) is 0 Å². The zero-order valence-electron chi connectivity index (χ0n) is 9.81. The summed E-state index contributed by atoms with van der Waals surface area (Å²) in [6.07, 6.45) is 0. The molecule has 0 radical (unpaired) electrons. The molecule has 0 unspecified atom stereocenters. The summed E-state index contributed by atoms with van der Waals surface area (Å²) in [5.74, 6) is -0.0300. The Balaban J connectivity index is 1.98. The highest BCUT2D eigenvalue weighted by Gasteiger charge is 2.04. The molecule has 0 fully saturated rings. The molecule has 0 bridgehead atoms. The van der Waals surface area contributed by atoms with E-state index in [4.69, 9.17) is 0 Å². The molecule has 0 aromatic heterocycles. The van der Waals surface area contributed by atoms with Crippen molar-refractivity contribution in [3.63, 3.8) is 0 Å². The van der Waals surface area contributed by atoms with Crippen molar-refractivity contribution in [1.82, 2.24) is 5.32 Å². The highest BCUT2D eigenvalue weighted by molar-refractivity contribution is 6.32. The lowest BCUT2D eigenvalue weighted by molar-refractivity contribution is 0.0951. The Hall–Kier alpha value is -2.03. The average Bonchev–Trinajstić information content (AvgIpc) is 2.37. The number of carbonyl (C=O) groups excluding carboxylic acids is 1. The Morgan fingerprint density at radius 3 is 2.53 bits per heavy atom. The van der Waals surface area contributed by atoms with E-state index in [9.17, 15) is 4.79 Å². The second kappa shape index (κ2) is 5.35. The van der Waals surface area contributed by atoms with Gasteiger partial charge in [-0.2, -0.15) is 0 Å². The number of rotatable bonds is 3. The number of hydrogen-bond donors (Lipinski definition) is 1. The van der Waals surface area contributed by atoms with Gasteiger partial charge in [0.2, 0.25) is 0 Å². The van der Waals surface area contributed by atoms with Crippen LogP contribution in [-0.2, 0) is 6.54 Å². The summed E-state index contributed by atoms with van der Waals surface area (Å²) in [4.78, 5) is 11.9. The van der Waals surface area contributed by atoms with Crippen LogP contribution in [0.1, 0.15) is 15.9 Å². The molecule has 2 aromatic carbocycles. The number of nitrogens with one attached hydrogen (secondary N) is 1. The standard InChI is InChI=1S/C14H14BNO/c15-13-8-4-7-12(9-13)14(17)16-10-11-5-2-1-3-6-11/h1-9H,10,15H2,(H,16,17). The molecule has 17 heavy (non-hydrogen) atoms. The van der Waals surface area contributed by atoms with Crippen LogP contribution in [0.25, 0.3) is 0 Å². The summed E-state index contributed by atoms with van der Waals surface area (Å²) < 4.78 is 0. The predicted octanol–water partition coefficient (Wildman–Crippen LogP) is 0.875. The molecule has 0 saturated heterocycles. The van der Waals surface area contributed by atoms with Crippen LogP contribution in [0.15, 0.2) is 54.6 Å². The lowest BCUT2D eigenvalue weighted by Gasteiger charge is -2.05. The fraction of sp³-hybridized carbons (Fsp3) is 0.0714. The fourth-order valence-electron chi connectivity index (χ4n) is 1.67. The minimum atomic E-state index is -0.0300. The van der Waals surface area contributed by atoms with Crippen LogP contribution in [0.5, 0.6) is 0 Å². The average molecular weight is 223 g/mol. The summed E-state index contributed by atoms with van der Waals surface area (Å²) in [5, 5.41) is 2.90. The first-order valence-corrected chi connectivity index (χ1v) is 5.64. The molecule has 0 atom stereocenters. The van der Waals surface area contributed by atoms with Gasteiger partial charge < -0.3 is 5.32 Å². The van der Waals surface area contributed by atoms with Crippen molar-refractivity contribution < 1.29 is 4.79 Å². The molecule has 1 amide bonds. The molecule has 0 aliphatic carbocycles. The van der Waals surface area contributed by atoms with Gasteiger partial charge in [0.25, 0.3) is 5.91 Å². The van der Waals surface area contributed by atoms with Crippen LogP contribution < -0.4 is 10.8 Å². The van der Waals surface area contributed by atoms with Crippen LogP contribution >= 0.6 is 0 Å². The molecular formula is C14H14BNO. The normalized spacial score (nSPS) is 9.88. The van der Waals surface area contributed by atoms with Gasteiger partial charge in [0.1, 0.15) is 7.85 Å². The van der Waals surface area contributed by atoms with Crippen LogP contribution in [0.2, 0.25) is 0 Å². The first kappa shape index (κ1) is 11.5. The minimum Gasteiger partial charge on any atom is -0.348 e. The first-order chi connectivity index (χ1) is 8.25. The van der Waals surface area contributed by atoms with Crippen molar-refractivity contribution in [2.24, 2.45) is 0 Å². The van der Waals surface area contributed by atoms with Crippen molar-refractivity contribution in [1.29, 1.82) is 0 Å². The van der Waals surface area contributed by atoms with E-state index in [2.05, 4.69) is 5.32 Å². The van der Waals surface area contributed by atoms with Crippen LogP contribution in [0.4, 0.5) is 0 Å². The van der Waals surface area contributed by atoms with Gasteiger partial charge in [-0.3, -0.25) is 4.79 Å². The molecule has 2 aromatic rings. The number of carbonyl (C=O) groups is 1. The second-order valence-electron chi connectivity index (χ2n) is 4.04. The zero-order valence-corrected chi connectivity index (χ0v) is 9.81. The predicted molar refractivity (Wildman–Crippen MR) is 72.2 cm³/mol. The first-order valence-electron chi connectivity index (χ1n) is 5.64. The van der Waals surface area contributed by atoms with Crippen LogP contribution in [0.3, 0.4) is 0 Å². The van der Waals surface area contributed by atoms with Crippen molar-refractivity contribution in [3.8, 4) is 0 Å². The maximum Gasteiger partial charge on any atom is 0.251 e. The van der Waals surface area contributed by atoms with Crippen molar-refractivity contribution in [3.05, 3.63) is 65.7 Å². The molecule has 0 aliphatic heterocycles. The summed E-state index contributed by atoms with van der Waals surface area (Å²) in [6, 6.07) is 17.5. The third kappa shape index (κ3) is 3.21. The topological polar surface area (TPSA) is 29.1 Å². The smallest absolute Gasteiger partial charge is 0.251 e. The Morgan fingerprint density at radius 1 is 1.06 bits per heavy atom. The van der Waals surface area contributed by atoms with Crippen molar-refractivity contribution >= 4 is 19.2 Å². The van der Waals surface area contributed by atoms with Crippen LogP contribution in [0, 0.1) is 0 Å². The Morgan fingerprint density at radius 2 is 1.82 bits per heavy atom. The van der Waals surface area contributed by atoms with Gasteiger partial charge in [-0.1, -0.05) is 54.0 Å². The van der Waals surface area contributed by atoms with E-state index in [0.717, 1.165) is 11.0 Å². The van der Waals surface area contributed by atoms with E-state index in [0.29, 0.717) is 12.1 Å². The molecular weight excluding hydrogens is 209 g/mol. The Bertz CT molecular complexity index is 511. The summed E-state index contributed by atoms with van der Waals surface area (Å²) in [7, 11) is 1.98. The molecule has 2 rings (SSSR count). The third-order valence-electron chi connectivity index (χ3n) is 2.58. The number of amides is 1. The van der Waals surface area contributed by atoms with E-state index in [1.54, 1.807) is 0 Å². The highest BCUT2D eigenvalue weighted by atomic mass is 16.1. The minimum absolute atomic E-state index is 0.0300. The summed E-state index contributed by atoms with van der Waals surface area (Å²) >= 11 is 0. The molecule has 0 heterocycles. The number of hydrogen-bond acceptors (Lipinski definition) is 1. The molecule has 3 heteroatoms.